The number of carbonyl (C=O) groups is 1. The average Bonchev–Trinajstić information content (AvgIpc) is 2.17. The number of thioether (sulfide) groups is 2. The van der Waals surface area contributed by atoms with Gasteiger partial charge in [0.05, 0.1) is 16.9 Å². The Hall–Kier alpha value is -0.350. The molecule has 0 heterocycles. The normalized spacial score (nSPS) is 9.15. The molecule has 0 unspecified atom stereocenters. The summed E-state index contributed by atoms with van der Waals surface area (Å²) in [5, 5.41) is 0. The van der Waals surface area contributed by atoms with Crippen molar-refractivity contribution in [2.45, 2.75) is 6.42 Å². The Balaban J connectivity index is 4.82. The van der Waals surface area contributed by atoms with Gasteiger partial charge in [-0.05, 0) is 18.9 Å². The molecule has 0 saturated heterocycles. The van der Waals surface area contributed by atoms with Crippen LogP contribution in [0.5, 0.6) is 0 Å². The van der Waals surface area contributed by atoms with Crippen LogP contribution in [0.2, 0.25) is 0 Å². The Kier molecular flexibility index (Phi) is 6.90. The first-order valence-corrected chi connectivity index (χ1v) is 6.16. The molecule has 0 fully saturated rings. The van der Waals surface area contributed by atoms with Gasteiger partial charge in [-0.3, -0.25) is 0 Å². The van der Waals surface area contributed by atoms with Gasteiger partial charge in [0.2, 0.25) is 0 Å². The van der Waals surface area contributed by atoms with E-state index in [1.54, 1.807) is 29.6 Å². The van der Waals surface area contributed by atoms with Crippen LogP contribution in [0, 0.1) is 0 Å². The SMILES string of the molecule is C=CCC(C(=O)OC)=C(SC)SC. The lowest BCUT2D eigenvalue weighted by atomic mass is 10.2. The van der Waals surface area contributed by atoms with Crippen molar-refractivity contribution >= 4 is 29.5 Å². The van der Waals surface area contributed by atoms with E-state index in [4.69, 9.17) is 0 Å². The van der Waals surface area contributed by atoms with Crippen LogP contribution in [0.3, 0.4) is 0 Å². The van der Waals surface area contributed by atoms with Crippen LogP contribution in [0.4, 0.5) is 0 Å². The smallest absolute Gasteiger partial charge is 0.335 e. The minimum atomic E-state index is -0.265. The van der Waals surface area contributed by atoms with Crippen LogP contribution in [0.25, 0.3) is 0 Å². The molecule has 13 heavy (non-hydrogen) atoms. The molecule has 0 aliphatic rings. The lowest BCUT2D eigenvalue weighted by molar-refractivity contribution is -0.136. The zero-order chi connectivity index (χ0) is 10.3. The van der Waals surface area contributed by atoms with Crippen molar-refractivity contribution in [3.8, 4) is 0 Å². The van der Waals surface area contributed by atoms with E-state index in [0.29, 0.717) is 12.0 Å². The van der Waals surface area contributed by atoms with E-state index in [2.05, 4.69) is 11.3 Å². The predicted molar refractivity (Wildman–Crippen MR) is 60.9 cm³/mol. The van der Waals surface area contributed by atoms with Crippen LogP contribution in [-0.4, -0.2) is 25.6 Å². The van der Waals surface area contributed by atoms with E-state index in [-0.39, 0.29) is 5.97 Å². The van der Waals surface area contributed by atoms with Gasteiger partial charge in [-0.25, -0.2) is 4.79 Å². The summed E-state index contributed by atoms with van der Waals surface area (Å²) in [5.41, 5.74) is 0.692. The zero-order valence-corrected chi connectivity index (χ0v) is 9.76. The summed E-state index contributed by atoms with van der Waals surface area (Å²) in [6, 6.07) is 0. The minimum Gasteiger partial charge on any atom is -0.466 e. The second kappa shape index (κ2) is 7.09. The molecule has 0 aromatic rings. The van der Waals surface area contributed by atoms with Gasteiger partial charge in [0.25, 0.3) is 0 Å². The van der Waals surface area contributed by atoms with E-state index in [1.807, 2.05) is 12.5 Å². The molecule has 0 aliphatic carbocycles. The summed E-state index contributed by atoms with van der Waals surface area (Å²) in [4.78, 5) is 11.3. The Morgan fingerprint density at radius 1 is 1.46 bits per heavy atom. The Morgan fingerprint density at radius 2 is 2.00 bits per heavy atom. The van der Waals surface area contributed by atoms with E-state index < -0.39 is 0 Å². The molecule has 0 radical (unpaired) electrons. The summed E-state index contributed by atoms with van der Waals surface area (Å²) in [6.45, 7) is 3.61. The van der Waals surface area contributed by atoms with E-state index in [1.165, 1.54) is 7.11 Å². The summed E-state index contributed by atoms with van der Waals surface area (Å²) in [5.74, 6) is -0.265. The maximum Gasteiger partial charge on any atom is 0.335 e. The molecule has 0 aromatic carbocycles. The number of ether oxygens (including phenoxy) is 1. The van der Waals surface area contributed by atoms with Crippen molar-refractivity contribution in [3.63, 3.8) is 0 Å². The number of esters is 1. The van der Waals surface area contributed by atoms with Crippen molar-refractivity contribution in [3.05, 3.63) is 22.5 Å². The number of allylic oxidation sites excluding steroid dienone is 1. The molecule has 74 valence electrons. The highest BCUT2D eigenvalue weighted by Gasteiger charge is 2.13. The topological polar surface area (TPSA) is 26.3 Å². The second-order valence-corrected chi connectivity index (χ2v) is 4.05. The molecular formula is C9H14O2S2. The standard InChI is InChI=1S/C9H14O2S2/c1-5-6-7(8(10)11-2)9(12-3)13-4/h5H,1,6H2,2-4H3. The van der Waals surface area contributed by atoms with Gasteiger partial charge in [-0.1, -0.05) is 6.08 Å². The molecule has 4 heteroatoms. The highest BCUT2D eigenvalue weighted by atomic mass is 32.2. The van der Waals surface area contributed by atoms with Gasteiger partial charge < -0.3 is 4.74 Å². The largest absolute Gasteiger partial charge is 0.466 e. The first-order chi connectivity index (χ1) is 6.21. The number of hydrogen-bond donors (Lipinski definition) is 0. The van der Waals surface area contributed by atoms with Crippen LogP contribution < -0.4 is 0 Å². The molecule has 0 N–H and O–H groups in total. The lowest BCUT2D eigenvalue weighted by Crippen LogP contribution is -2.05. The maximum absolute atomic E-state index is 11.3. The average molecular weight is 218 g/mol. The fourth-order valence-corrected chi connectivity index (χ4v) is 2.34. The number of hydrogen-bond acceptors (Lipinski definition) is 4. The zero-order valence-electron chi connectivity index (χ0n) is 8.12. The quantitative estimate of drug-likeness (QED) is 0.402. The summed E-state index contributed by atoms with van der Waals surface area (Å²) in [7, 11) is 1.39. The summed E-state index contributed by atoms with van der Waals surface area (Å²) < 4.78 is 5.67. The summed E-state index contributed by atoms with van der Waals surface area (Å²) >= 11 is 3.11. The minimum absolute atomic E-state index is 0.265. The Labute approximate surface area is 87.8 Å². The molecule has 0 aliphatic heterocycles. The van der Waals surface area contributed by atoms with Gasteiger partial charge >= 0.3 is 5.97 Å². The van der Waals surface area contributed by atoms with Gasteiger partial charge in [-0.15, -0.1) is 30.1 Å². The fraction of sp³-hybridized carbons (Fsp3) is 0.444. The Morgan fingerprint density at radius 3 is 2.31 bits per heavy atom. The van der Waals surface area contributed by atoms with Crippen molar-refractivity contribution in [1.82, 2.24) is 0 Å². The molecule has 0 amide bonds. The Bertz CT molecular complexity index is 216. The van der Waals surface area contributed by atoms with Crippen molar-refractivity contribution in [2.75, 3.05) is 19.6 Å². The van der Waals surface area contributed by atoms with E-state index >= 15 is 0 Å². The summed E-state index contributed by atoms with van der Waals surface area (Å²) in [6.07, 6.45) is 6.15. The molecule has 0 spiro atoms. The maximum atomic E-state index is 11.3. The van der Waals surface area contributed by atoms with Crippen LogP contribution in [0.15, 0.2) is 22.5 Å². The number of methoxy groups -OCH3 is 1. The van der Waals surface area contributed by atoms with Gasteiger partial charge in [-0.2, -0.15) is 0 Å². The molecule has 0 atom stereocenters. The second-order valence-electron chi connectivity index (χ2n) is 2.16. The molecule has 0 rings (SSSR count). The van der Waals surface area contributed by atoms with E-state index in [0.717, 1.165) is 4.24 Å². The first-order valence-electron chi connectivity index (χ1n) is 3.71. The third kappa shape index (κ3) is 3.91. The van der Waals surface area contributed by atoms with Crippen molar-refractivity contribution in [1.29, 1.82) is 0 Å². The van der Waals surface area contributed by atoms with Gasteiger partial charge in [0.15, 0.2) is 0 Å². The van der Waals surface area contributed by atoms with E-state index in [9.17, 15) is 4.79 Å². The van der Waals surface area contributed by atoms with Crippen molar-refractivity contribution in [2.24, 2.45) is 0 Å². The first kappa shape index (κ1) is 12.7. The van der Waals surface area contributed by atoms with Crippen LogP contribution in [0.1, 0.15) is 6.42 Å². The molecule has 0 saturated carbocycles. The fourth-order valence-electron chi connectivity index (χ4n) is 0.847. The van der Waals surface area contributed by atoms with Gasteiger partial charge in [0.1, 0.15) is 0 Å². The molecule has 2 nitrogen and oxygen atoms in total. The highest BCUT2D eigenvalue weighted by Crippen LogP contribution is 2.29. The highest BCUT2D eigenvalue weighted by molar-refractivity contribution is 8.21. The molecular weight excluding hydrogens is 204 g/mol. The molecule has 0 aromatic heterocycles. The predicted octanol–water partition coefficient (Wildman–Crippen LogP) is 2.67. The van der Waals surface area contributed by atoms with Crippen LogP contribution >= 0.6 is 23.5 Å². The molecule has 0 bridgehead atoms. The van der Waals surface area contributed by atoms with Crippen LogP contribution in [-0.2, 0) is 9.53 Å². The third-order valence-corrected chi connectivity index (χ3v) is 3.63. The monoisotopic (exact) mass is 218 g/mol. The third-order valence-electron chi connectivity index (χ3n) is 1.40. The lowest BCUT2D eigenvalue weighted by Gasteiger charge is -2.07. The van der Waals surface area contributed by atoms with Crippen molar-refractivity contribution < 1.29 is 9.53 Å². The number of carbonyl (C=O) groups excluding carboxylic acids is 1. The number of rotatable bonds is 5. The van der Waals surface area contributed by atoms with Gasteiger partial charge in [0, 0.05) is 0 Å².